The summed E-state index contributed by atoms with van der Waals surface area (Å²) in [4.78, 5) is 0. The van der Waals surface area contributed by atoms with E-state index in [9.17, 15) is 0 Å². The Bertz CT molecular complexity index is 358. The predicted octanol–water partition coefficient (Wildman–Crippen LogP) is 0.219. The summed E-state index contributed by atoms with van der Waals surface area (Å²) in [5.41, 5.74) is 0. The molecule has 4 saturated heterocycles. The second-order valence-corrected chi connectivity index (χ2v) is 8.68. The molecule has 1 spiro atoms. The lowest BCUT2D eigenvalue weighted by atomic mass is 10.1. The molecule has 0 radical (unpaired) electrons. The third-order valence-electron chi connectivity index (χ3n) is 7.68. The maximum absolute atomic E-state index is 2.59. The fourth-order valence-corrected chi connectivity index (χ4v) is 7.56. The summed E-state index contributed by atoms with van der Waals surface area (Å²) in [5, 5.41) is 0. The van der Waals surface area contributed by atoms with Gasteiger partial charge in [0.15, 0.2) is 0 Å². The first-order valence-corrected chi connectivity index (χ1v) is 8.21. The minimum Gasteiger partial charge on any atom is -0.165 e. The first-order chi connectivity index (χ1) is 8.83. The molecule has 0 bridgehead atoms. The zero-order valence-electron chi connectivity index (χ0n) is 13.4. The summed E-state index contributed by atoms with van der Waals surface area (Å²) < 4.78 is 5.38. The van der Waals surface area contributed by atoms with Gasteiger partial charge in [0.05, 0.1) is 28.2 Å². The topological polar surface area (TPSA) is 0 Å². The van der Waals surface area contributed by atoms with Gasteiger partial charge in [-0.25, -0.2) is 0 Å². The molecule has 4 nitrogen and oxygen atoms in total. The van der Waals surface area contributed by atoms with E-state index in [4.69, 9.17) is 0 Å². The van der Waals surface area contributed by atoms with Crippen LogP contribution in [0.25, 0.3) is 0 Å². The maximum Gasteiger partial charge on any atom is 0.479 e. The molecule has 0 N–H and O–H groups in total. The van der Waals surface area contributed by atoms with E-state index in [1.807, 2.05) is 0 Å². The third kappa shape index (κ3) is 1.03. The van der Waals surface area contributed by atoms with Crippen LogP contribution < -0.4 is 0 Å². The SMILES string of the molecule is C[N+]12CCC[N@@+]3(C)CC[N@@+]4(C)CCC[N+](C)(CC1)C234. The number of nitrogens with zero attached hydrogens (tertiary/aromatic N) is 4. The molecule has 19 heavy (non-hydrogen) atoms. The Kier molecular flexibility index (Phi) is 2.11. The van der Waals surface area contributed by atoms with Gasteiger partial charge in [0.25, 0.3) is 0 Å². The van der Waals surface area contributed by atoms with Crippen molar-refractivity contribution in [2.45, 2.75) is 18.8 Å². The van der Waals surface area contributed by atoms with Gasteiger partial charge in [-0.3, -0.25) is 0 Å². The van der Waals surface area contributed by atoms with Crippen molar-refractivity contribution in [2.24, 2.45) is 0 Å². The van der Waals surface area contributed by atoms with E-state index < -0.39 is 0 Å². The van der Waals surface area contributed by atoms with Crippen LogP contribution >= 0.6 is 0 Å². The van der Waals surface area contributed by atoms with E-state index in [2.05, 4.69) is 28.2 Å². The highest BCUT2D eigenvalue weighted by atomic mass is 15.9. The predicted molar refractivity (Wildman–Crippen MR) is 75.6 cm³/mol. The van der Waals surface area contributed by atoms with Crippen molar-refractivity contribution < 1.29 is 17.9 Å². The molecule has 4 aliphatic heterocycles. The monoisotopic (exact) mass is 268 g/mol. The highest BCUT2D eigenvalue weighted by Crippen LogP contribution is 2.57. The molecular weight excluding hydrogens is 236 g/mol. The average molecular weight is 268 g/mol. The number of likely N-dealkylation sites (N-methyl/N-ethyl adjacent to an activating group) is 4. The molecule has 4 heterocycles. The molecule has 5 atom stereocenters. The van der Waals surface area contributed by atoms with Crippen molar-refractivity contribution >= 4 is 0 Å². The van der Waals surface area contributed by atoms with Gasteiger partial charge >= 0.3 is 5.91 Å². The Morgan fingerprint density at radius 1 is 0.474 bits per heavy atom. The second kappa shape index (κ2) is 3.19. The van der Waals surface area contributed by atoms with Crippen LogP contribution in [0.3, 0.4) is 0 Å². The van der Waals surface area contributed by atoms with Crippen LogP contribution in [0.1, 0.15) is 12.8 Å². The van der Waals surface area contributed by atoms with E-state index in [1.165, 1.54) is 83.1 Å². The number of hydrogen-bond donors (Lipinski definition) is 0. The Labute approximate surface area is 118 Å². The third-order valence-corrected chi connectivity index (χ3v) is 7.68. The Balaban J connectivity index is 2.02. The van der Waals surface area contributed by atoms with Crippen LogP contribution in [-0.4, -0.2) is 104 Å². The van der Waals surface area contributed by atoms with Crippen LogP contribution in [0.2, 0.25) is 0 Å². The van der Waals surface area contributed by atoms with Crippen LogP contribution in [0.15, 0.2) is 0 Å². The van der Waals surface area contributed by atoms with Gasteiger partial charge in [0, 0.05) is 12.8 Å². The number of quaternary nitrogens is 4. The molecule has 0 aromatic heterocycles. The molecule has 4 fully saturated rings. The second-order valence-electron chi connectivity index (χ2n) is 8.68. The summed E-state index contributed by atoms with van der Waals surface area (Å²) in [5.74, 6) is 0.413. The van der Waals surface area contributed by atoms with E-state index >= 15 is 0 Å². The van der Waals surface area contributed by atoms with Crippen molar-refractivity contribution in [3.63, 3.8) is 0 Å². The maximum atomic E-state index is 2.59. The Morgan fingerprint density at radius 3 is 1.00 bits per heavy atom. The Morgan fingerprint density at radius 2 is 0.737 bits per heavy atom. The molecule has 0 aliphatic carbocycles. The van der Waals surface area contributed by atoms with Crippen LogP contribution in [0.4, 0.5) is 0 Å². The van der Waals surface area contributed by atoms with E-state index in [1.54, 1.807) is 0 Å². The lowest BCUT2D eigenvalue weighted by Crippen LogP contribution is -2.93. The van der Waals surface area contributed by atoms with Gasteiger partial charge < -0.3 is 0 Å². The quantitative estimate of drug-likeness (QED) is 0.551. The Hall–Kier alpha value is -0.160. The van der Waals surface area contributed by atoms with Gasteiger partial charge in [-0.15, -0.1) is 0 Å². The van der Waals surface area contributed by atoms with Gasteiger partial charge in [-0.1, -0.05) is 0 Å². The average Bonchev–Trinajstić information content (AvgIpc) is 2.74. The lowest BCUT2D eigenvalue weighted by Gasteiger charge is -2.61. The first kappa shape index (κ1) is 12.6. The summed E-state index contributed by atoms with van der Waals surface area (Å²) in [6.45, 7) is 11.3. The summed E-state index contributed by atoms with van der Waals surface area (Å²) in [6, 6.07) is 0. The van der Waals surface area contributed by atoms with E-state index in [0.717, 1.165) is 0 Å². The minimum absolute atomic E-state index is 0.413. The fourth-order valence-electron chi connectivity index (χ4n) is 7.56. The molecule has 4 aliphatic rings. The molecule has 4 rings (SSSR count). The number of hydrogen-bond acceptors (Lipinski definition) is 0. The molecule has 0 saturated carbocycles. The van der Waals surface area contributed by atoms with Gasteiger partial charge in [0.2, 0.25) is 0 Å². The van der Waals surface area contributed by atoms with Gasteiger partial charge in [-0.05, 0) is 0 Å². The number of rotatable bonds is 0. The zero-order chi connectivity index (χ0) is 13.6. The van der Waals surface area contributed by atoms with Crippen molar-refractivity contribution in [1.29, 1.82) is 0 Å². The molecule has 0 aromatic rings. The fraction of sp³-hybridized carbons (Fsp3) is 1.00. The molecule has 0 amide bonds. The van der Waals surface area contributed by atoms with Crippen molar-refractivity contribution in [3.8, 4) is 0 Å². The van der Waals surface area contributed by atoms with Crippen molar-refractivity contribution in [1.82, 2.24) is 0 Å². The minimum atomic E-state index is 0.413. The van der Waals surface area contributed by atoms with Crippen molar-refractivity contribution in [2.75, 3.05) is 80.5 Å². The standard InChI is InChI=1S/C15H32N4/c1-16-7-5-8-18(3)13-14-19(4)10-6-9-17(2,12-11-16)15(16,18)19/h5-14H2,1-4H3/q+4/t15?,16-,17+,18?,19?. The molecule has 3 unspecified atom stereocenters. The van der Waals surface area contributed by atoms with Gasteiger partial charge in [0.1, 0.15) is 52.4 Å². The van der Waals surface area contributed by atoms with Crippen LogP contribution in [0.5, 0.6) is 0 Å². The zero-order valence-corrected chi connectivity index (χ0v) is 13.4. The van der Waals surface area contributed by atoms with E-state index in [-0.39, 0.29) is 0 Å². The lowest BCUT2D eigenvalue weighted by molar-refractivity contribution is -1.41. The highest BCUT2D eigenvalue weighted by Gasteiger charge is 2.91. The highest BCUT2D eigenvalue weighted by molar-refractivity contribution is 4.74. The largest absolute Gasteiger partial charge is 0.479 e. The normalized spacial score (nSPS) is 63.8. The van der Waals surface area contributed by atoms with E-state index in [0.29, 0.717) is 5.91 Å². The molecular formula is C15H32N4+4. The smallest absolute Gasteiger partial charge is 0.165 e. The van der Waals surface area contributed by atoms with Crippen LogP contribution in [0, 0.1) is 0 Å². The first-order valence-electron chi connectivity index (χ1n) is 8.21. The summed E-state index contributed by atoms with van der Waals surface area (Å²) >= 11 is 0. The molecule has 0 aromatic carbocycles. The van der Waals surface area contributed by atoms with Crippen LogP contribution in [-0.2, 0) is 0 Å². The summed E-state index contributed by atoms with van der Waals surface area (Å²) in [7, 11) is 10.4. The molecule has 108 valence electrons. The van der Waals surface area contributed by atoms with Gasteiger partial charge in [-0.2, -0.15) is 17.9 Å². The molecule has 4 heteroatoms. The summed E-state index contributed by atoms with van der Waals surface area (Å²) in [6.07, 6.45) is 2.85. The van der Waals surface area contributed by atoms with Crippen molar-refractivity contribution in [3.05, 3.63) is 0 Å².